The van der Waals surface area contributed by atoms with Crippen LogP contribution in [0.5, 0.6) is 5.75 Å². The standard InChI is InChI=1S/C24H22F3N3O5S/c1-16(2)30(36(33,34)21-10-8-20(9-11-21)35-24(25,26)27)19-7-3-5-17(13-19)22(14-23(31)29-32)18-6-4-12-28-15-18/h3-16,32H,1-2H3,(H,29,31)/b22-14+. The van der Waals surface area contributed by atoms with E-state index in [4.69, 9.17) is 5.21 Å². The van der Waals surface area contributed by atoms with Crippen LogP contribution in [-0.4, -0.2) is 36.9 Å². The lowest BCUT2D eigenvalue weighted by Gasteiger charge is -2.29. The predicted molar refractivity (Wildman–Crippen MR) is 126 cm³/mol. The van der Waals surface area contributed by atoms with Crippen LogP contribution in [0.2, 0.25) is 0 Å². The van der Waals surface area contributed by atoms with E-state index in [1.807, 2.05) is 0 Å². The third kappa shape index (κ3) is 6.40. The average molecular weight is 522 g/mol. The second-order valence-corrected chi connectivity index (χ2v) is 9.55. The number of carbonyl (C=O) groups excluding carboxylic acids is 1. The van der Waals surface area contributed by atoms with Crippen molar-refractivity contribution in [3.05, 3.63) is 90.3 Å². The lowest BCUT2D eigenvalue weighted by molar-refractivity contribution is -0.274. The third-order valence-electron chi connectivity index (χ3n) is 4.85. The molecular formula is C24H22F3N3O5S. The van der Waals surface area contributed by atoms with E-state index in [1.165, 1.54) is 11.7 Å². The van der Waals surface area contributed by atoms with E-state index < -0.39 is 34.1 Å². The van der Waals surface area contributed by atoms with Gasteiger partial charge in [-0.05, 0) is 67.4 Å². The highest BCUT2D eigenvalue weighted by atomic mass is 32.2. The summed E-state index contributed by atoms with van der Waals surface area (Å²) in [6.45, 7) is 3.28. The molecule has 0 aliphatic heterocycles. The molecule has 0 aliphatic carbocycles. The lowest BCUT2D eigenvalue weighted by Crippen LogP contribution is -2.37. The van der Waals surface area contributed by atoms with Crippen molar-refractivity contribution in [3.63, 3.8) is 0 Å². The number of hydroxylamine groups is 1. The number of hydrogen-bond donors (Lipinski definition) is 2. The van der Waals surface area contributed by atoms with Crippen molar-refractivity contribution >= 4 is 27.2 Å². The highest BCUT2D eigenvalue weighted by molar-refractivity contribution is 7.92. The molecule has 3 aromatic rings. The summed E-state index contributed by atoms with van der Waals surface area (Å²) in [5, 5.41) is 8.99. The second-order valence-electron chi connectivity index (χ2n) is 7.74. The van der Waals surface area contributed by atoms with E-state index in [0.717, 1.165) is 34.6 Å². The number of anilines is 1. The molecule has 1 heterocycles. The van der Waals surface area contributed by atoms with Crippen molar-refractivity contribution in [2.45, 2.75) is 31.1 Å². The maximum absolute atomic E-state index is 13.5. The largest absolute Gasteiger partial charge is 0.573 e. The fraction of sp³-hybridized carbons (Fsp3) is 0.167. The quantitative estimate of drug-likeness (QED) is 0.256. The summed E-state index contributed by atoms with van der Waals surface area (Å²) in [6.07, 6.45) is -0.715. The molecular weight excluding hydrogens is 499 g/mol. The van der Waals surface area contributed by atoms with E-state index in [-0.39, 0.29) is 10.6 Å². The number of ether oxygens (including phenoxy) is 1. The number of nitrogens with zero attached hydrogens (tertiary/aromatic N) is 2. The smallest absolute Gasteiger partial charge is 0.406 e. The van der Waals surface area contributed by atoms with Gasteiger partial charge in [-0.2, -0.15) is 0 Å². The lowest BCUT2D eigenvalue weighted by atomic mass is 9.98. The molecule has 190 valence electrons. The van der Waals surface area contributed by atoms with E-state index >= 15 is 0 Å². The molecule has 0 spiro atoms. The third-order valence-corrected chi connectivity index (χ3v) is 6.87. The summed E-state index contributed by atoms with van der Waals surface area (Å²) < 4.78 is 69.3. The van der Waals surface area contributed by atoms with Gasteiger partial charge in [0.15, 0.2) is 0 Å². The molecule has 0 atom stereocenters. The molecule has 1 amide bonds. The minimum Gasteiger partial charge on any atom is -0.406 e. The summed E-state index contributed by atoms with van der Waals surface area (Å²) in [4.78, 5) is 15.7. The zero-order valence-corrected chi connectivity index (χ0v) is 19.9. The Balaban J connectivity index is 2.06. The fourth-order valence-electron chi connectivity index (χ4n) is 3.47. The average Bonchev–Trinajstić information content (AvgIpc) is 2.82. The van der Waals surface area contributed by atoms with Crippen LogP contribution in [0.4, 0.5) is 18.9 Å². The summed E-state index contributed by atoms with van der Waals surface area (Å²) in [5.41, 5.74) is 3.14. The van der Waals surface area contributed by atoms with Gasteiger partial charge in [0.1, 0.15) is 5.75 Å². The summed E-state index contributed by atoms with van der Waals surface area (Å²) in [7, 11) is -4.20. The number of carbonyl (C=O) groups is 1. The first-order chi connectivity index (χ1) is 16.9. The molecule has 2 N–H and O–H groups in total. The summed E-state index contributed by atoms with van der Waals surface area (Å²) in [6, 6.07) is 13.0. The fourth-order valence-corrected chi connectivity index (χ4v) is 5.12. The Hall–Kier alpha value is -3.90. The normalized spacial score (nSPS) is 12.4. The van der Waals surface area contributed by atoms with Gasteiger partial charge >= 0.3 is 6.36 Å². The van der Waals surface area contributed by atoms with E-state index in [9.17, 15) is 26.4 Å². The highest BCUT2D eigenvalue weighted by Gasteiger charge is 2.32. The maximum atomic E-state index is 13.5. The molecule has 0 aliphatic rings. The molecule has 36 heavy (non-hydrogen) atoms. The van der Waals surface area contributed by atoms with Crippen LogP contribution in [0, 0.1) is 0 Å². The van der Waals surface area contributed by atoms with Crippen LogP contribution in [0.1, 0.15) is 25.0 Å². The van der Waals surface area contributed by atoms with E-state index in [1.54, 1.807) is 56.4 Å². The number of aromatic nitrogens is 1. The number of benzene rings is 2. The zero-order chi connectivity index (χ0) is 26.5. The van der Waals surface area contributed by atoms with E-state index in [2.05, 4.69) is 9.72 Å². The maximum Gasteiger partial charge on any atom is 0.573 e. The predicted octanol–water partition coefficient (Wildman–Crippen LogP) is 4.52. The number of rotatable bonds is 8. The minimum absolute atomic E-state index is 0.237. The number of alkyl halides is 3. The number of halogens is 3. The molecule has 0 saturated heterocycles. The van der Waals surface area contributed by atoms with Gasteiger partial charge in [-0.1, -0.05) is 18.2 Å². The first-order valence-electron chi connectivity index (χ1n) is 10.5. The molecule has 0 radical (unpaired) electrons. The minimum atomic E-state index is -4.91. The topological polar surface area (TPSA) is 109 Å². The summed E-state index contributed by atoms with van der Waals surface area (Å²) >= 11 is 0. The van der Waals surface area contributed by atoms with Crippen molar-refractivity contribution in [3.8, 4) is 5.75 Å². The van der Waals surface area contributed by atoms with Crippen LogP contribution in [0.15, 0.2) is 84.0 Å². The SMILES string of the molecule is CC(C)N(c1cccc(/C(=C\C(=O)NO)c2cccnc2)c1)S(=O)(=O)c1ccc(OC(F)(F)F)cc1. The first kappa shape index (κ1) is 26.7. The zero-order valence-electron chi connectivity index (χ0n) is 19.1. The Bertz CT molecular complexity index is 1340. The van der Waals surface area contributed by atoms with Gasteiger partial charge in [-0.3, -0.25) is 19.3 Å². The van der Waals surface area contributed by atoms with Gasteiger partial charge in [0.25, 0.3) is 15.9 Å². The van der Waals surface area contributed by atoms with E-state index in [0.29, 0.717) is 16.7 Å². The molecule has 8 nitrogen and oxygen atoms in total. The second kappa shape index (κ2) is 10.8. The van der Waals surface area contributed by atoms with Gasteiger partial charge in [-0.25, -0.2) is 13.9 Å². The number of amides is 1. The van der Waals surface area contributed by atoms with Crippen LogP contribution >= 0.6 is 0 Å². The molecule has 0 fully saturated rings. The van der Waals surface area contributed by atoms with Crippen LogP contribution in [0.3, 0.4) is 0 Å². The Labute approximate surface area is 205 Å². The van der Waals surface area contributed by atoms with Crippen LogP contribution in [-0.2, 0) is 14.8 Å². The summed E-state index contributed by atoms with van der Waals surface area (Å²) in [5.74, 6) is -1.35. The van der Waals surface area contributed by atoms with Crippen molar-refractivity contribution in [1.82, 2.24) is 10.5 Å². The van der Waals surface area contributed by atoms with Crippen molar-refractivity contribution < 1.29 is 36.3 Å². The van der Waals surface area contributed by atoms with Crippen LogP contribution in [0.25, 0.3) is 5.57 Å². The van der Waals surface area contributed by atoms with Gasteiger partial charge < -0.3 is 4.74 Å². The van der Waals surface area contributed by atoms with Crippen molar-refractivity contribution in [2.75, 3.05) is 4.31 Å². The molecule has 12 heteroatoms. The van der Waals surface area contributed by atoms with Gasteiger partial charge in [-0.15, -0.1) is 13.2 Å². The number of hydrogen-bond acceptors (Lipinski definition) is 6. The molecule has 2 aromatic carbocycles. The Morgan fingerprint density at radius 2 is 1.75 bits per heavy atom. The Kier molecular flexibility index (Phi) is 8.00. The van der Waals surface area contributed by atoms with Gasteiger partial charge in [0.05, 0.1) is 10.6 Å². The van der Waals surface area contributed by atoms with Crippen molar-refractivity contribution in [2.24, 2.45) is 0 Å². The molecule has 3 rings (SSSR count). The molecule has 0 bridgehead atoms. The molecule has 1 aromatic heterocycles. The number of nitrogens with one attached hydrogen (secondary N) is 1. The van der Waals surface area contributed by atoms with Crippen LogP contribution < -0.4 is 14.5 Å². The van der Waals surface area contributed by atoms with Crippen molar-refractivity contribution in [1.29, 1.82) is 0 Å². The monoisotopic (exact) mass is 521 g/mol. The van der Waals surface area contributed by atoms with Gasteiger partial charge in [0, 0.05) is 30.1 Å². The Morgan fingerprint density at radius 3 is 2.31 bits per heavy atom. The number of pyridine rings is 1. The molecule has 0 saturated carbocycles. The highest BCUT2D eigenvalue weighted by Crippen LogP contribution is 2.32. The Morgan fingerprint density at radius 1 is 1.08 bits per heavy atom. The number of sulfonamides is 1. The molecule has 0 unspecified atom stereocenters. The first-order valence-corrected chi connectivity index (χ1v) is 11.9. The van der Waals surface area contributed by atoms with Gasteiger partial charge in [0.2, 0.25) is 0 Å².